The van der Waals surface area contributed by atoms with Gasteiger partial charge in [-0.05, 0) is 25.2 Å². The van der Waals surface area contributed by atoms with Crippen molar-refractivity contribution in [1.82, 2.24) is 15.3 Å². The van der Waals surface area contributed by atoms with Gasteiger partial charge < -0.3 is 5.32 Å². The summed E-state index contributed by atoms with van der Waals surface area (Å²) in [6.07, 6.45) is 4.67. The molecule has 1 atom stereocenters. The van der Waals surface area contributed by atoms with Crippen LogP contribution < -0.4 is 5.32 Å². The summed E-state index contributed by atoms with van der Waals surface area (Å²) in [5.41, 5.74) is 2.86. The van der Waals surface area contributed by atoms with E-state index >= 15 is 0 Å². The molecule has 5 heteroatoms. The fourth-order valence-electron chi connectivity index (χ4n) is 3.13. The first kappa shape index (κ1) is 17.3. The third kappa shape index (κ3) is 4.10. The molecule has 0 saturated heterocycles. The average molecular weight is 337 g/mol. The van der Waals surface area contributed by atoms with E-state index in [9.17, 15) is 9.59 Å². The standard InChI is InChI=1S/C20H23N3O2/c1-13(2)11-18(24)20(25)23-17-10-6-9-16-15(17)12-21-19(22-16)14-7-4-3-5-8-14/h3-5,7-8,12-13,17H,6,9-11H2,1-2H3,(H,23,25). The predicted octanol–water partition coefficient (Wildman–Crippen LogP) is 3.25. The number of carbonyl (C=O) groups excluding carboxylic acids is 2. The molecular weight excluding hydrogens is 314 g/mol. The van der Waals surface area contributed by atoms with Crippen LogP contribution in [-0.2, 0) is 16.0 Å². The van der Waals surface area contributed by atoms with Crippen LogP contribution in [0.15, 0.2) is 36.5 Å². The van der Waals surface area contributed by atoms with Crippen LogP contribution in [0.1, 0.15) is 50.4 Å². The van der Waals surface area contributed by atoms with Crippen LogP contribution in [0.2, 0.25) is 0 Å². The normalized spacial score (nSPS) is 16.4. The molecule has 1 aliphatic carbocycles. The molecule has 0 fully saturated rings. The summed E-state index contributed by atoms with van der Waals surface area (Å²) in [5.74, 6) is 0.0125. The number of benzene rings is 1. The number of nitrogens with one attached hydrogen (secondary N) is 1. The predicted molar refractivity (Wildman–Crippen MR) is 95.8 cm³/mol. The molecule has 1 amide bonds. The fourth-order valence-corrected chi connectivity index (χ4v) is 3.13. The Kier molecular flexibility index (Phi) is 5.22. The van der Waals surface area contributed by atoms with Gasteiger partial charge in [-0.25, -0.2) is 9.97 Å². The minimum atomic E-state index is -0.501. The number of ketones is 1. The van der Waals surface area contributed by atoms with Crippen molar-refractivity contribution in [3.63, 3.8) is 0 Å². The molecule has 25 heavy (non-hydrogen) atoms. The second-order valence-electron chi connectivity index (χ2n) is 6.90. The number of carbonyl (C=O) groups is 2. The zero-order valence-electron chi connectivity index (χ0n) is 14.7. The van der Waals surface area contributed by atoms with Crippen molar-refractivity contribution >= 4 is 11.7 Å². The van der Waals surface area contributed by atoms with Gasteiger partial charge in [-0.1, -0.05) is 44.2 Å². The van der Waals surface area contributed by atoms with Gasteiger partial charge in [0.05, 0.1) is 6.04 Å². The second-order valence-corrected chi connectivity index (χ2v) is 6.90. The van der Waals surface area contributed by atoms with E-state index < -0.39 is 5.91 Å². The van der Waals surface area contributed by atoms with Crippen LogP contribution in [0.5, 0.6) is 0 Å². The van der Waals surface area contributed by atoms with Gasteiger partial charge in [0, 0.05) is 29.4 Å². The molecule has 1 N–H and O–H groups in total. The first-order valence-corrected chi connectivity index (χ1v) is 8.79. The summed E-state index contributed by atoms with van der Waals surface area (Å²) in [5, 5.41) is 2.87. The van der Waals surface area contributed by atoms with Crippen LogP contribution in [0.4, 0.5) is 0 Å². The smallest absolute Gasteiger partial charge is 0.287 e. The molecule has 1 aromatic carbocycles. The van der Waals surface area contributed by atoms with Crippen molar-refractivity contribution in [3.8, 4) is 11.4 Å². The van der Waals surface area contributed by atoms with Crippen molar-refractivity contribution < 1.29 is 9.59 Å². The minimum absolute atomic E-state index is 0.175. The minimum Gasteiger partial charge on any atom is -0.343 e. The number of nitrogens with zero attached hydrogens (tertiary/aromatic N) is 2. The quantitative estimate of drug-likeness (QED) is 0.850. The Balaban J connectivity index is 1.78. The van der Waals surface area contributed by atoms with E-state index in [1.807, 2.05) is 44.2 Å². The lowest BCUT2D eigenvalue weighted by Crippen LogP contribution is -2.36. The van der Waals surface area contributed by atoms with E-state index in [0.717, 1.165) is 36.1 Å². The number of hydrogen-bond donors (Lipinski definition) is 1. The number of rotatable bonds is 5. The van der Waals surface area contributed by atoms with Crippen molar-refractivity contribution in [2.45, 2.75) is 45.6 Å². The Hall–Kier alpha value is -2.56. The number of fused-ring (bicyclic) bond motifs is 1. The van der Waals surface area contributed by atoms with Gasteiger partial charge >= 0.3 is 0 Å². The van der Waals surface area contributed by atoms with Crippen LogP contribution in [0, 0.1) is 5.92 Å². The third-order valence-corrected chi connectivity index (χ3v) is 4.37. The molecule has 1 heterocycles. The Morgan fingerprint density at radius 1 is 1.24 bits per heavy atom. The number of aryl methyl sites for hydroxylation is 1. The molecule has 3 rings (SSSR count). The summed E-state index contributed by atoms with van der Waals surface area (Å²) in [7, 11) is 0. The molecule has 0 radical (unpaired) electrons. The highest BCUT2D eigenvalue weighted by atomic mass is 16.2. The van der Waals surface area contributed by atoms with Crippen LogP contribution in [0.3, 0.4) is 0 Å². The van der Waals surface area contributed by atoms with E-state index in [0.29, 0.717) is 5.82 Å². The molecule has 1 aliphatic rings. The van der Waals surface area contributed by atoms with Crippen molar-refractivity contribution in [3.05, 3.63) is 47.8 Å². The molecule has 0 spiro atoms. The van der Waals surface area contributed by atoms with Crippen LogP contribution >= 0.6 is 0 Å². The van der Waals surface area contributed by atoms with Gasteiger partial charge in [0.15, 0.2) is 5.82 Å². The zero-order chi connectivity index (χ0) is 17.8. The summed E-state index contributed by atoms with van der Waals surface area (Å²) in [4.78, 5) is 33.2. The summed E-state index contributed by atoms with van der Waals surface area (Å²) in [6.45, 7) is 3.86. The zero-order valence-corrected chi connectivity index (χ0v) is 14.7. The van der Waals surface area contributed by atoms with E-state index in [-0.39, 0.29) is 24.2 Å². The second kappa shape index (κ2) is 7.55. The lowest BCUT2D eigenvalue weighted by molar-refractivity contribution is -0.138. The van der Waals surface area contributed by atoms with Crippen molar-refractivity contribution in [2.75, 3.05) is 0 Å². The van der Waals surface area contributed by atoms with E-state index in [1.54, 1.807) is 6.20 Å². The maximum Gasteiger partial charge on any atom is 0.287 e. The molecule has 2 aromatic rings. The molecule has 5 nitrogen and oxygen atoms in total. The lowest BCUT2D eigenvalue weighted by Gasteiger charge is -2.25. The Bertz CT molecular complexity index is 772. The molecule has 0 saturated carbocycles. The third-order valence-electron chi connectivity index (χ3n) is 4.37. The van der Waals surface area contributed by atoms with E-state index in [2.05, 4.69) is 15.3 Å². The molecule has 0 aliphatic heterocycles. The summed E-state index contributed by atoms with van der Waals surface area (Å²) in [6, 6.07) is 9.66. The van der Waals surface area contributed by atoms with Crippen LogP contribution in [-0.4, -0.2) is 21.7 Å². The maximum absolute atomic E-state index is 12.1. The summed E-state index contributed by atoms with van der Waals surface area (Å²) < 4.78 is 0. The lowest BCUT2D eigenvalue weighted by atomic mass is 9.92. The van der Waals surface area contributed by atoms with Gasteiger partial charge in [0.25, 0.3) is 5.91 Å². The molecule has 1 unspecified atom stereocenters. The molecule has 1 aromatic heterocycles. The topological polar surface area (TPSA) is 72.0 Å². The first-order valence-electron chi connectivity index (χ1n) is 8.79. The van der Waals surface area contributed by atoms with Gasteiger partial charge in [0.1, 0.15) is 0 Å². The number of hydrogen-bond acceptors (Lipinski definition) is 4. The monoisotopic (exact) mass is 337 g/mol. The number of Topliss-reactive ketones (excluding diaryl/α,β-unsaturated/α-hetero) is 1. The molecule has 130 valence electrons. The fraction of sp³-hybridized carbons (Fsp3) is 0.400. The first-order chi connectivity index (χ1) is 12.0. The SMILES string of the molecule is CC(C)CC(=O)C(=O)NC1CCCc2nc(-c3ccccc3)ncc21. The average Bonchev–Trinajstić information content (AvgIpc) is 2.61. The van der Waals surface area contributed by atoms with Crippen molar-refractivity contribution in [1.29, 1.82) is 0 Å². The Morgan fingerprint density at radius 3 is 2.72 bits per heavy atom. The van der Waals surface area contributed by atoms with Gasteiger partial charge in [-0.15, -0.1) is 0 Å². The Labute approximate surface area is 147 Å². The van der Waals surface area contributed by atoms with Gasteiger partial charge in [-0.2, -0.15) is 0 Å². The molecule has 0 bridgehead atoms. The number of amides is 1. The van der Waals surface area contributed by atoms with Crippen molar-refractivity contribution in [2.24, 2.45) is 5.92 Å². The maximum atomic E-state index is 12.1. The number of aromatic nitrogens is 2. The van der Waals surface area contributed by atoms with E-state index in [4.69, 9.17) is 0 Å². The highest BCUT2D eigenvalue weighted by Crippen LogP contribution is 2.29. The van der Waals surface area contributed by atoms with Gasteiger partial charge in [0.2, 0.25) is 5.78 Å². The van der Waals surface area contributed by atoms with E-state index in [1.165, 1.54) is 0 Å². The van der Waals surface area contributed by atoms with Gasteiger partial charge in [-0.3, -0.25) is 9.59 Å². The Morgan fingerprint density at radius 2 is 2.00 bits per heavy atom. The van der Waals surface area contributed by atoms with Crippen LogP contribution in [0.25, 0.3) is 11.4 Å². The highest BCUT2D eigenvalue weighted by Gasteiger charge is 2.26. The summed E-state index contributed by atoms with van der Waals surface area (Å²) >= 11 is 0. The molecular formula is C20H23N3O2. The highest BCUT2D eigenvalue weighted by molar-refractivity contribution is 6.36. The largest absolute Gasteiger partial charge is 0.343 e.